The van der Waals surface area contributed by atoms with Crippen LogP contribution in [0.1, 0.15) is 26.7 Å². The highest BCUT2D eigenvalue weighted by Crippen LogP contribution is 2.28. The minimum Gasteiger partial charge on any atom is -0.508 e. The van der Waals surface area contributed by atoms with E-state index in [-0.39, 0.29) is 11.5 Å². The van der Waals surface area contributed by atoms with Gasteiger partial charge in [0.1, 0.15) is 11.5 Å². The van der Waals surface area contributed by atoms with E-state index in [1.165, 1.54) is 18.2 Å². The summed E-state index contributed by atoms with van der Waals surface area (Å²) < 4.78 is 0. The van der Waals surface area contributed by atoms with Crippen LogP contribution in [0.15, 0.2) is 18.2 Å². The summed E-state index contributed by atoms with van der Waals surface area (Å²) in [4.78, 5) is 0. The van der Waals surface area contributed by atoms with Gasteiger partial charge in [0.2, 0.25) is 0 Å². The summed E-state index contributed by atoms with van der Waals surface area (Å²) in [7, 11) is 0. The van der Waals surface area contributed by atoms with Crippen LogP contribution in [-0.2, 0) is 0 Å². The molecule has 0 heterocycles. The Kier molecular flexibility index (Phi) is 3.63. The maximum absolute atomic E-state index is 9.50. The second kappa shape index (κ2) is 4.74. The summed E-state index contributed by atoms with van der Waals surface area (Å²) in [5.41, 5.74) is 0.596. The molecular weight excluding hydrogens is 178 g/mol. The molecule has 0 aliphatic rings. The molecule has 1 aromatic rings. The quantitative estimate of drug-likeness (QED) is 0.511. The van der Waals surface area contributed by atoms with Crippen molar-refractivity contribution in [3.63, 3.8) is 0 Å². The van der Waals surface area contributed by atoms with Gasteiger partial charge in [0.15, 0.2) is 0 Å². The lowest BCUT2D eigenvalue weighted by molar-refractivity contribution is 0.460. The monoisotopic (exact) mass is 195 g/mol. The van der Waals surface area contributed by atoms with Gasteiger partial charge in [-0.05, 0) is 25.0 Å². The molecule has 3 nitrogen and oxygen atoms in total. The summed E-state index contributed by atoms with van der Waals surface area (Å²) >= 11 is 0. The van der Waals surface area contributed by atoms with Crippen molar-refractivity contribution in [2.45, 2.75) is 32.7 Å². The molecule has 3 N–H and O–H groups in total. The van der Waals surface area contributed by atoms with Crippen LogP contribution in [0, 0.1) is 0 Å². The van der Waals surface area contributed by atoms with Crippen molar-refractivity contribution in [2.75, 3.05) is 5.32 Å². The molecule has 3 heteroatoms. The number of hydrogen-bond donors (Lipinski definition) is 3. The first kappa shape index (κ1) is 10.7. The van der Waals surface area contributed by atoms with E-state index in [9.17, 15) is 10.2 Å². The molecule has 0 unspecified atom stereocenters. The molecule has 1 aromatic carbocycles. The highest BCUT2D eigenvalue weighted by molar-refractivity contribution is 5.59. The second-order valence-corrected chi connectivity index (χ2v) is 3.36. The third kappa shape index (κ3) is 2.55. The van der Waals surface area contributed by atoms with E-state index in [1.54, 1.807) is 0 Å². The molecule has 1 rings (SSSR count). The lowest BCUT2D eigenvalue weighted by atomic mass is 10.1. The summed E-state index contributed by atoms with van der Waals surface area (Å²) in [6.45, 7) is 4.17. The Morgan fingerprint density at radius 3 is 2.43 bits per heavy atom. The number of anilines is 1. The van der Waals surface area contributed by atoms with Gasteiger partial charge < -0.3 is 15.5 Å². The molecule has 0 bridgehead atoms. The Morgan fingerprint density at radius 2 is 1.86 bits per heavy atom. The molecule has 0 fully saturated rings. The smallest absolute Gasteiger partial charge is 0.138 e. The zero-order valence-corrected chi connectivity index (χ0v) is 8.62. The molecule has 0 saturated carbocycles. The third-order valence-corrected chi connectivity index (χ3v) is 2.33. The van der Waals surface area contributed by atoms with Crippen LogP contribution >= 0.6 is 0 Å². The average molecular weight is 195 g/mol. The first-order valence-corrected chi connectivity index (χ1v) is 4.95. The van der Waals surface area contributed by atoms with E-state index in [4.69, 9.17) is 0 Å². The van der Waals surface area contributed by atoms with Gasteiger partial charge in [0, 0.05) is 12.1 Å². The lowest BCUT2D eigenvalue weighted by Crippen LogP contribution is -2.16. The number of rotatable bonds is 4. The van der Waals surface area contributed by atoms with Gasteiger partial charge >= 0.3 is 0 Å². The molecule has 0 amide bonds. The number of hydrogen-bond acceptors (Lipinski definition) is 3. The molecule has 0 atom stereocenters. The van der Waals surface area contributed by atoms with E-state index in [1.807, 2.05) is 0 Å². The first-order valence-electron chi connectivity index (χ1n) is 4.95. The second-order valence-electron chi connectivity index (χ2n) is 3.36. The van der Waals surface area contributed by atoms with Gasteiger partial charge in [-0.1, -0.05) is 13.8 Å². The fraction of sp³-hybridized carbons (Fsp3) is 0.455. The van der Waals surface area contributed by atoms with E-state index >= 15 is 0 Å². The Morgan fingerprint density at radius 1 is 1.21 bits per heavy atom. The van der Waals surface area contributed by atoms with Crippen molar-refractivity contribution in [2.24, 2.45) is 0 Å². The van der Waals surface area contributed by atoms with Gasteiger partial charge in [-0.25, -0.2) is 0 Å². The lowest BCUT2D eigenvalue weighted by Gasteiger charge is -2.17. The normalized spacial score (nSPS) is 10.5. The predicted octanol–water partition coefficient (Wildman–Crippen LogP) is 2.70. The van der Waals surface area contributed by atoms with Crippen molar-refractivity contribution in [1.82, 2.24) is 0 Å². The molecule has 0 spiro atoms. The van der Waals surface area contributed by atoms with Crippen molar-refractivity contribution >= 4 is 5.69 Å². The first-order chi connectivity index (χ1) is 6.67. The number of benzene rings is 1. The summed E-state index contributed by atoms with van der Waals surface area (Å²) in [5.74, 6) is 0.339. The van der Waals surface area contributed by atoms with Gasteiger partial charge in [-0.15, -0.1) is 0 Å². The minimum absolute atomic E-state index is 0.163. The Hall–Kier alpha value is -1.38. The van der Waals surface area contributed by atoms with Crippen molar-refractivity contribution in [3.8, 4) is 11.5 Å². The summed E-state index contributed by atoms with van der Waals surface area (Å²) in [6, 6.07) is 4.82. The van der Waals surface area contributed by atoms with E-state index in [0.29, 0.717) is 11.7 Å². The van der Waals surface area contributed by atoms with Crippen LogP contribution in [0.5, 0.6) is 11.5 Å². The number of aromatic hydroxyl groups is 2. The van der Waals surface area contributed by atoms with Gasteiger partial charge in [-0.3, -0.25) is 0 Å². The van der Waals surface area contributed by atoms with E-state index < -0.39 is 0 Å². The van der Waals surface area contributed by atoms with Crippen molar-refractivity contribution in [3.05, 3.63) is 18.2 Å². The van der Waals surface area contributed by atoms with E-state index in [0.717, 1.165) is 12.8 Å². The molecule has 0 saturated heterocycles. The highest BCUT2D eigenvalue weighted by Gasteiger charge is 2.07. The highest BCUT2D eigenvalue weighted by atomic mass is 16.3. The number of phenolic OH excluding ortho intramolecular Hbond substituents is 2. The van der Waals surface area contributed by atoms with Crippen LogP contribution in [0.3, 0.4) is 0 Å². The largest absolute Gasteiger partial charge is 0.508 e. The third-order valence-electron chi connectivity index (χ3n) is 2.33. The maximum Gasteiger partial charge on any atom is 0.138 e. The Labute approximate surface area is 84.4 Å². The fourth-order valence-corrected chi connectivity index (χ4v) is 1.35. The number of phenols is 2. The van der Waals surface area contributed by atoms with Crippen LogP contribution in [0.4, 0.5) is 5.69 Å². The fourth-order valence-electron chi connectivity index (χ4n) is 1.35. The number of nitrogens with one attached hydrogen (secondary N) is 1. The standard InChI is InChI=1S/C11H17NO2/c1-3-8(4-2)12-10-7-9(13)5-6-11(10)14/h5-8,12-14H,3-4H2,1-2H3. The molecule has 0 aromatic heterocycles. The average Bonchev–Trinajstić information content (AvgIpc) is 2.19. The van der Waals surface area contributed by atoms with Gasteiger partial charge in [0.05, 0.1) is 5.69 Å². The molecule has 14 heavy (non-hydrogen) atoms. The molecule has 78 valence electrons. The zero-order chi connectivity index (χ0) is 10.6. The SMILES string of the molecule is CCC(CC)Nc1cc(O)ccc1O. The summed E-state index contributed by atoms with van der Waals surface area (Å²) in [5, 5.41) is 21.9. The van der Waals surface area contributed by atoms with Crippen LogP contribution in [0.25, 0.3) is 0 Å². The van der Waals surface area contributed by atoms with Crippen LogP contribution in [-0.4, -0.2) is 16.3 Å². The Bertz CT molecular complexity index is 295. The van der Waals surface area contributed by atoms with Gasteiger partial charge in [0.25, 0.3) is 0 Å². The van der Waals surface area contributed by atoms with Crippen molar-refractivity contribution < 1.29 is 10.2 Å². The molecule has 0 aliphatic heterocycles. The minimum atomic E-state index is 0.163. The van der Waals surface area contributed by atoms with Gasteiger partial charge in [-0.2, -0.15) is 0 Å². The molecule has 0 aliphatic carbocycles. The van der Waals surface area contributed by atoms with Crippen molar-refractivity contribution in [1.29, 1.82) is 0 Å². The van der Waals surface area contributed by atoms with Crippen LogP contribution in [0.2, 0.25) is 0 Å². The maximum atomic E-state index is 9.50. The van der Waals surface area contributed by atoms with Crippen LogP contribution < -0.4 is 5.32 Å². The predicted molar refractivity (Wildman–Crippen MR) is 57.8 cm³/mol. The zero-order valence-electron chi connectivity index (χ0n) is 8.62. The molecule has 0 radical (unpaired) electrons. The molecular formula is C11H17NO2. The Balaban J connectivity index is 2.79. The van der Waals surface area contributed by atoms with E-state index in [2.05, 4.69) is 19.2 Å². The topological polar surface area (TPSA) is 52.5 Å². The summed E-state index contributed by atoms with van der Waals surface area (Å²) in [6.07, 6.45) is 1.98.